The maximum atomic E-state index is 13.7. The number of carbonyl (C=O) groups is 2. The summed E-state index contributed by atoms with van der Waals surface area (Å²) in [6.07, 6.45) is 0.251. The second kappa shape index (κ2) is 13.2. The third-order valence-corrected chi connectivity index (χ3v) is 8.59. The number of aromatic nitrogens is 1. The summed E-state index contributed by atoms with van der Waals surface area (Å²) >= 11 is 6.05. The van der Waals surface area contributed by atoms with Gasteiger partial charge in [0.05, 0.1) is 31.8 Å². The number of carbonyl (C=O) groups excluding carboxylic acids is 1. The molecule has 3 aromatic carbocycles. The van der Waals surface area contributed by atoms with E-state index >= 15 is 0 Å². The summed E-state index contributed by atoms with van der Waals surface area (Å²) in [6.45, 7) is 6.66. The Morgan fingerprint density at radius 2 is 1.74 bits per heavy atom. The van der Waals surface area contributed by atoms with Crippen molar-refractivity contribution >= 4 is 34.4 Å². The van der Waals surface area contributed by atoms with Crippen LogP contribution in [0.2, 0.25) is 5.02 Å². The standard InChI is InChI=1S/C34H39ClN2O6/c1-7-34(41,24-9-8-10-26(17-24)42-5)21(2)19-36(4)20-28-30(43-6)16-15-29-32(28)27(18-31(38)39)22(3)37(29)33(40)23-11-13-25(35)14-12-23/h8-17,21,41H,7,18-20H2,1-6H3,(H,38,39)/t21-,34-/m1/s1. The lowest BCUT2D eigenvalue weighted by molar-refractivity contribution is -0.136. The molecule has 0 unspecified atom stereocenters. The summed E-state index contributed by atoms with van der Waals surface area (Å²) in [4.78, 5) is 27.8. The highest BCUT2D eigenvalue weighted by molar-refractivity contribution is 6.30. The van der Waals surface area contributed by atoms with Crippen LogP contribution < -0.4 is 9.47 Å². The number of aliphatic hydroxyl groups is 1. The van der Waals surface area contributed by atoms with Crippen molar-refractivity contribution in [2.45, 2.75) is 45.8 Å². The largest absolute Gasteiger partial charge is 0.497 e. The molecule has 228 valence electrons. The van der Waals surface area contributed by atoms with Crippen LogP contribution in [0, 0.1) is 12.8 Å². The number of ether oxygens (including phenoxy) is 2. The van der Waals surface area contributed by atoms with Gasteiger partial charge in [0.25, 0.3) is 5.91 Å². The van der Waals surface area contributed by atoms with Crippen molar-refractivity contribution in [1.82, 2.24) is 9.47 Å². The van der Waals surface area contributed by atoms with Crippen molar-refractivity contribution in [3.05, 3.63) is 93.6 Å². The molecule has 1 aromatic heterocycles. The van der Waals surface area contributed by atoms with Crippen LogP contribution in [-0.2, 0) is 23.4 Å². The molecule has 0 saturated carbocycles. The summed E-state index contributed by atoms with van der Waals surface area (Å²) < 4.78 is 12.7. The topological polar surface area (TPSA) is 101 Å². The lowest BCUT2D eigenvalue weighted by atomic mass is 9.80. The number of carboxylic acid groups (broad SMARTS) is 1. The van der Waals surface area contributed by atoms with Gasteiger partial charge in [-0.3, -0.25) is 14.2 Å². The number of carboxylic acids is 1. The van der Waals surface area contributed by atoms with Gasteiger partial charge in [-0.25, -0.2) is 0 Å². The number of halogens is 1. The number of benzene rings is 3. The molecule has 2 N–H and O–H groups in total. The Balaban J connectivity index is 1.77. The van der Waals surface area contributed by atoms with Crippen molar-refractivity contribution < 1.29 is 29.3 Å². The molecule has 0 spiro atoms. The molecule has 9 heteroatoms. The molecule has 0 fully saturated rings. The molecule has 4 aromatic rings. The number of hydrogen-bond acceptors (Lipinski definition) is 6. The van der Waals surface area contributed by atoms with Gasteiger partial charge in [-0.05, 0) is 80.1 Å². The highest BCUT2D eigenvalue weighted by atomic mass is 35.5. The van der Waals surface area contributed by atoms with E-state index in [0.29, 0.717) is 63.8 Å². The van der Waals surface area contributed by atoms with Crippen molar-refractivity contribution in [2.75, 3.05) is 27.8 Å². The molecule has 0 bridgehead atoms. The number of nitrogens with zero attached hydrogens (tertiary/aromatic N) is 2. The molecule has 8 nitrogen and oxygen atoms in total. The smallest absolute Gasteiger partial charge is 0.307 e. The Morgan fingerprint density at radius 3 is 2.35 bits per heavy atom. The predicted molar refractivity (Wildman–Crippen MR) is 168 cm³/mol. The van der Waals surface area contributed by atoms with Gasteiger partial charge in [-0.2, -0.15) is 0 Å². The fraction of sp³-hybridized carbons (Fsp3) is 0.353. The molecule has 0 amide bonds. The summed E-state index contributed by atoms with van der Waals surface area (Å²) in [6, 6.07) is 17.7. The van der Waals surface area contributed by atoms with E-state index in [1.165, 1.54) is 0 Å². The SMILES string of the molecule is CC[C@](O)(c1cccc(OC)c1)[C@H](C)CN(C)Cc1c(OC)ccc2c1c(CC(=O)O)c(C)n2C(=O)c1ccc(Cl)cc1. The second-order valence-electron chi connectivity index (χ2n) is 11.0. The Kier molecular flexibility index (Phi) is 9.85. The van der Waals surface area contributed by atoms with E-state index in [0.717, 1.165) is 11.1 Å². The van der Waals surface area contributed by atoms with Gasteiger partial charge in [0.1, 0.15) is 11.5 Å². The number of methoxy groups -OCH3 is 2. The minimum absolute atomic E-state index is 0.170. The van der Waals surface area contributed by atoms with Crippen LogP contribution in [0.3, 0.4) is 0 Å². The third-order valence-electron chi connectivity index (χ3n) is 8.34. The van der Waals surface area contributed by atoms with Crippen LogP contribution in [0.4, 0.5) is 0 Å². The number of hydrogen-bond donors (Lipinski definition) is 2. The predicted octanol–water partition coefficient (Wildman–Crippen LogP) is 6.30. The Labute approximate surface area is 257 Å². The number of aliphatic carboxylic acids is 1. The summed E-state index contributed by atoms with van der Waals surface area (Å²) in [5.74, 6) is -0.173. The van der Waals surface area contributed by atoms with Crippen LogP contribution in [0.5, 0.6) is 11.5 Å². The van der Waals surface area contributed by atoms with Crippen LogP contribution in [0.15, 0.2) is 60.7 Å². The minimum atomic E-state index is -1.10. The van der Waals surface area contributed by atoms with Gasteiger partial charge in [0, 0.05) is 46.2 Å². The molecule has 0 aliphatic heterocycles. The molecule has 2 atom stereocenters. The number of fused-ring (bicyclic) bond motifs is 1. The van der Waals surface area contributed by atoms with Crippen molar-refractivity contribution in [1.29, 1.82) is 0 Å². The highest BCUT2D eigenvalue weighted by Gasteiger charge is 2.35. The van der Waals surface area contributed by atoms with Crippen molar-refractivity contribution in [3.63, 3.8) is 0 Å². The van der Waals surface area contributed by atoms with Crippen LogP contribution in [0.1, 0.15) is 53.0 Å². The van der Waals surface area contributed by atoms with Gasteiger partial charge >= 0.3 is 5.97 Å². The number of rotatable bonds is 12. The van der Waals surface area contributed by atoms with Crippen LogP contribution in [-0.4, -0.2) is 59.4 Å². The van der Waals surface area contributed by atoms with Gasteiger partial charge < -0.3 is 24.6 Å². The molecule has 0 aliphatic rings. The minimum Gasteiger partial charge on any atom is -0.497 e. The first-order chi connectivity index (χ1) is 20.4. The summed E-state index contributed by atoms with van der Waals surface area (Å²) in [5.41, 5.74) is 2.62. The zero-order valence-corrected chi connectivity index (χ0v) is 26.2. The Bertz CT molecular complexity index is 1630. The van der Waals surface area contributed by atoms with Gasteiger partial charge in [0.15, 0.2) is 0 Å². The Morgan fingerprint density at radius 1 is 1.05 bits per heavy atom. The van der Waals surface area contributed by atoms with Gasteiger partial charge in [0.2, 0.25) is 0 Å². The van der Waals surface area contributed by atoms with E-state index in [1.807, 2.05) is 51.2 Å². The highest BCUT2D eigenvalue weighted by Crippen LogP contribution is 2.38. The first kappa shape index (κ1) is 32.1. The molecule has 0 radical (unpaired) electrons. The lowest BCUT2D eigenvalue weighted by Crippen LogP contribution is -2.39. The fourth-order valence-electron chi connectivity index (χ4n) is 6.02. The molecule has 43 heavy (non-hydrogen) atoms. The van der Waals surface area contributed by atoms with E-state index in [9.17, 15) is 19.8 Å². The Hall–Kier alpha value is -3.85. The van der Waals surface area contributed by atoms with E-state index in [2.05, 4.69) is 4.90 Å². The molecular weight excluding hydrogens is 568 g/mol. The average molecular weight is 607 g/mol. The maximum absolute atomic E-state index is 13.7. The van der Waals surface area contributed by atoms with E-state index in [4.69, 9.17) is 21.1 Å². The van der Waals surface area contributed by atoms with Crippen molar-refractivity contribution in [2.24, 2.45) is 5.92 Å². The van der Waals surface area contributed by atoms with E-state index in [1.54, 1.807) is 56.0 Å². The maximum Gasteiger partial charge on any atom is 0.307 e. The first-order valence-corrected chi connectivity index (χ1v) is 14.6. The monoisotopic (exact) mass is 606 g/mol. The second-order valence-corrected chi connectivity index (χ2v) is 11.5. The lowest BCUT2D eigenvalue weighted by Gasteiger charge is -2.36. The van der Waals surface area contributed by atoms with Crippen LogP contribution >= 0.6 is 11.6 Å². The van der Waals surface area contributed by atoms with Crippen LogP contribution in [0.25, 0.3) is 10.9 Å². The normalized spacial score (nSPS) is 13.6. The zero-order valence-electron chi connectivity index (χ0n) is 25.5. The summed E-state index contributed by atoms with van der Waals surface area (Å²) in [5, 5.41) is 22.9. The first-order valence-electron chi connectivity index (χ1n) is 14.2. The quantitative estimate of drug-likeness (QED) is 0.195. The molecule has 1 heterocycles. The molecule has 0 aliphatic carbocycles. The van der Waals surface area contributed by atoms with Crippen molar-refractivity contribution in [3.8, 4) is 11.5 Å². The van der Waals surface area contributed by atoms with Gasteiger partial charge in [-0.15, -0.1) is 0 Å². The van der Waals surface area contributed by atoms with E-state index < -0.39 is 11.6 Å². The van der Waals surface area contributed by atoms with E-state index in [-0.39, 0.29) is 18.2 Å². The molecule has 4 rings (SSSR count). The zero-order chi connectivity index (χ0) is 31.5. The third kappa shape index (κ3) is 6.42. The summed E-state index contributed by atoms with van der Waals surface area (Å²) in [7, 11) is 5.13. The fourth-order valence-corrected chi connectivity index (χ4v) is 6.14. The van der Waals surface area contributed by atoms with Gasteiger partial charge in [-0.1, -0.05) is 37.6 Å². The average Bonchev–Trinajstić information content (AvgIpc) is 3.27. The molecular formula is C34H39ClN2O6. The molecule has 0 saturated heterocycles.